The first kappa shape index (κ1) is 12.8. The Labute approximate surface area is 105 Å². The lowest BCUT2D eigenvalue weighted by molar-refractivity contribution is 0.550. The summed E-state index contributed by atoms with van der Waals surface area (Å²) in [4.78, 5) is -0.189. The van der Waals surface area contributed by atoms with E-state index in [1.165, 1.54) is 6.07 Å². The van der Waals surface area contributed by atoms with Gasteiger partial charge in [0.05, 0.1) is 5.02 Å². The molecule has 0 heterocycles. The molecule has 1 N–H and O–H groups in total. The fraction of sp³-hybridized carbons (Fsp3) is 0.455. The normalized spacial score (nSPS) is 17.5. The van der Waals surface area contributed by atoms with E-state index in [1.54, 1.807) is 0 Å². The van der Waals surface area contributed by atoms with Gasteiger partial charge in [-0.2, -0.15) is 0 Å². The summed E-state index contributed by atoms with van der Waals surface area (Å²) in [5, 5.41) is 0.0388. The molecule has 0 bridgehead atoms. The molecule has 2 rings (SSSR count). The Hall–Kier alpha value is -0.650. The Morgan fingerprint density at radius 3 is 2.59 bits per heavy atom. The van der Waals surface area contributed by atoms with Gasteiger partial charge < -0.3 is 0 Å². The van der Waals surface area contributed by atoms with Crippen molar-refractivity contribution in [3.05, 3.63) is 29.0 Å². The molecule has 1 aromatic carbocycles. The first-order valence-corrected chi connectivity index (χ1v) is 7.32. The van der Waals surface area contributed by atoms with Gasteiger partial charge in [-0.15, -0.1) is 0 Å². The molecule has 6 heteroatoms. The van der Waals surface area contributed by atoms with E-state index in [1.807, 2.05) is 0 Å². The lowest BCUT2D eigenvalue weighted by Crippen LogP contribution is -2.32. The van der Waals surface area contributed by atoms with Crippen molar-refractivity contribution in [2.75, 3.05) is 0 Å². The fourth-order valence-electron chi connectivity index (χ4n) is 2.01. The van der Waals surface area contributed by atoms with E-state index in [0.29, 0.717) is 0 Å². The largest absolute Gasteiger partial charge is 0.242 e. The summed E-state index contributed by atoms with van der Waals surface area (Å²) in [7, 11) is -3.72. The fourth-order valence-corrected chi connectivity index (χ4v) is 3.83. The van der Waals surface area contributed by atoms with E-state index in [4.69, 9.17) is 11.6 Å². The van der Waals surface area contributed by atoms with Crippen molar-refractivity contribution in [1.82, 2.24) is 4.72 Å². The van der Waals surface area contributed by atoms with Crippen LogP contribution in [-0.4, -0.2) is 14.5 Å². The molecule has 1 aromatic rings. The summed E-state index contributed by atoms with van der Waals surface area (Å²) in [6.45, 7) is 0. The summed E-state index contributed by atoms with van der Waals surface area (Å²) >= 11 is 5.78. The predicted molar refractivity (Wildman–Crippen MR) is 64.0 cm³/mol. The zero-order chi connectivity index (χ0) is 12.5. The maximum Gasteiger partial charge on any atom is 0.242 e. The van der Waals surface area contributed by atoms with Gasteiger partial charge >= 0.3 is 0 Å². The lowest BCUT2D eigenvalue weighted by atomic mass is 10.3. The van der Waals surface area contributed by atoms with Crippen LogP contribution in [-0.2, 0) is 10.0 Å². The molecule has 0 aromatic heterocycles. The minimum Gasteiger partial charge on any atom is -0.208 e. The molecule has 0 saturated heterocycles. The molecular formula is C11H13ClFNO2S. The molecule has 0 radical (unpaired) electrons. The van der Waals surface area contributed by atoms with E-state index in [0.717, 1.165) is 37.8 Å². The molecule has 0 aliphatic heterocycles. The molecule has 0 unspecified atom stereocenters. The van der Waals surface area contributed by atoms with Gasteiger partial charge in [-0.25, -0.2) is 17.5 Å². The highest BCUT2D eigenvalue weighted by Gasteiger charge is 2.24. The SMILES string of the molecule is O=S(=O)(NC1CCCC1)c1cc(F)ccc1Cl. The number of rotatable bonds is 3. The molecule has 94 valence electrons. The number of halogens is 2. The Balaban J connectivity index is 2.27. The summed E-state index contributed by atoms with van der Waals surface area (Å²) < 4.78 is 39.6. The predicted octanol–water partition coefficient (Wildman–Crippen LogP) is 2.70. The zero-order valence-electron chi connectivity index (χ0n) is 9.12. The van der Waals surface area contributed by atoms with Crippen molar-refractivity contribution in [2.24, 2.45) is 0 Å². The standard InChI is InChI=1S/C11H13ClFNO2S/c12-10-6-5-8(13)7-11(10)17(15,16)14-9-3-1-2-4-9/h5-7,9,14H,1-4H2. The smallest absolute Gasteiger partial charge is 0.208 e. The van der Waals surface area contributed by atoms with Crippen LogP contribution < -0.4 is 4.72 Å². The van der Waals surface area contributed by atoms with Gasteiger partial charge in [0, 0.05) is 6.04 Å². The van der Waals surface area contributed by atoms with Crippen LogP contribution in [0.4, 0.5) is 4.39 Å². The number of hydrogen-bond donors (Lipinski definition) is 1. The van der Waals surface area contributed by atoms with Crippen LogP contribution in [0.2, 0.25) is 5.02 Å². The van der Waals surface area contributed by atoms with Crippen LogP contribution in [0.15, 0.2) is 23.1 Å². The molecule has 0 atom stereocenters. The molecule has 1 saturated carbocycles. The van der Waals surface area contributed by atoms with Gasteiger partial charge in [-0.1, -0.05) is 24.4 Å². The summed E-state index contributed by atoms with van der Waals surface area (Å²) in [6, 6.07) is 3.27. The summed E-state index contributed by atoms with van der Waals surface area (Å²) in [5.74, 6) is -0.610. The Morgan fingerprint density at radius 1 is 1.29 bits per heavy atom. The lowest BCUT2D eigenvalue weighted by Gasteiger charge is -2.13. The van der Waals surface area contributed by atoms with Crippen LogP contribution in [0.5, 0.6) is 0 Å². The maximum absolute atomic E-state index is 13.0. The van der Waals surface area contributed by atoms with Crippen LogP contribution in [0, 0.1) is 5.82 Å². The van der Waals surface area contributed by atoms with Crippen molar-refractivity contribution in [2.45, 2.75) is 36.6 Å². The minimum absolute atomic E-state index is 0.0388. The number of sulfonamides is 1. The zero-order valence-corrected chi connectivity index (χ0v) is 10.7. The van der Waals surface area contributed by atoms with E-state index >= 15 is 0 Å². The quantitative estimate of drug-likeness (QED) is 0.923. The van der Waals surface area contributed by atoms with Gasteiger partial charge in [0.2, 0.25) is 10.0 Å². The molecule has 0 amide bonds. The van der Waals surface area contributed by atoms with Gasteiger partial charge in [-0.05, 0) is 31.0 Å². The Morgan fingerprint density at radius 2 is 1.94 bits per heavy atom. The van der Waals surface area contributed by atoms with Crippen molar-refractivity contribution < 1.29 is 12.8 Å². The summed E-state index contributed by atoms with van der Waals surface area (Å²) in [5.41, 5.74) is 0. The van der Waals surface area contributed by atoms with E-state index in [9.17, 15) is 12.8 Å². The number of benzene rings is 1. The highest BCUT2D eigenvalue weighted by molar-refractivity contribution is 7.89. The minimum atomic E-state index is -3.72. The molecular weight excluding hydrogens is 265 g/mol. The highest BCUT2D eigenvalue weighted by atomic mass is 35.5. The van der Waals surface area contributed by atoms with Crippen LogP contribution >= 0.6 is 11.6 Å². The van der Waals surface area contributed by atoms with Crippen molar-refractivity contribution in [3.63, 3.8) is 0 Å². The monoisotopic (exact) mass is 277 g/mol. The van der Waals surface area contributed by atoms with Crippen molar-refractivity contribution in [3.8, 4) is 0 Å². The molecule has 1 aliphatic carbocycles. The van der Waals surface area contributed by atoms with E-state index in [2.05, 4.69) is 4.72 Å². The van der Waals surface area contributed by atoms with E-state index < -0.39 is 15.8 Å². The van der Waals surface area contributed by atoms with Crippen LogP contribution in [0.1, 0.15) is 25.7 Å². The number of hydrogen-bond acceptors (Lipinski definition) is 2. The molecule has 1 aliphatic rings. The highest BCUT2D eigenvalue weighted by Crippen LogP contribution is 2.25. The first-order valence-electron chi connectivity index (χ1n) is 5.46. The second-order valence-electron chi connectivity index (χ2n) is 4.18. The summed E-state index contributed by atoms with van der Waals surface area (Å²) in [6.07, 6.45) is 3.69. The maximum atomic E-state index is 13.0. The average molecular weight is 278 g/mol. The topological polar surface area (TPSA) is 46.2 Å². The Kier molecular flexibility index (Phi) is 3.70. The van der Waals surface area contributed by atoms with Crippen LogP contribution in [0.25, 0.3) is 0 Å². The first-order chi connectivity index (χ1) is 7.99. The van der Waals surface area contributed by atoms with Gasteiger partial charge in [0.25, 0.3) is 0 Å². The van der Waals surface area contributed by atoms with Gasteiger partial charge in [0.1, 0.15) is 10.7 Å². The number of nitrogens with one attached hydrogen (secondary N) is 1. The second kappa shape index (κ2) is 4.92. The molecule has 1 fully saturated rings. The average Bonchev–Trinajstić information content (AvgIpc) is 2.73. The molecule has 17 heavy (non-hydrogen) atoms. The molecule has 0 spiro atoms. The van der Waals surface area contributed by atoms with Crippen molar-refractivity contribution in [1.29, 1.82) is 0 Å². The van der Waals surface area contributed by atoms with Crippen molar-refractivity contribution >= 4 is 21.6 Å². The third-order valence-electron chi connectivity index (χ3n) is 2.86. The third kappa shape index (κ3) is 2.97. The Bertz CT molecular complexity index is 512. The third-order valence-corrected chi connectivity index (χ3v) is 4.86. The van der Waals surface area contributed by atoms with Gasteiger partial charge in [-0.3, -0.25) is 0 Å². The van der Waals surface area contributed by atoms with Gasteiger partial charge in [0.15, 0.2) is 0 Å². The molecule has 3 nitrogen and oxygen atoms in total. The van der Waals surface area contributed by atoms with E-state index in [-0.39, 0.29) is 16.0 Å². The van der Waals surface area contributed by atoms with Crippen LogP contribution in [0.3, 0.4) is 0 Å². The second-order valence-corrected chi connectivity index (χ2v) is 6.27.